The Morgan fingerprint density at radius 3 is 2.71 bits per heavy atom. The Morgan fingerprint density at radius 1 is 1.32 bits per heavy atom. The van der Waals surface area contributed by atoms with E-state index in [0.29, 0.717) is 24.3 Å². The highest BCUT2D eigenvalue weighted by molar-refractivity contribution is 5.97. The van der Waals surface area contributed by atoms with Crippen LogP contribution in [0.4, 0.5) is 10.1 Å². The summed E-state index contributed by atoms with van der Waals surface area (Å²) in [5.41, 5.74) is 0.242. The highest BCUT2D eigenvalue weighted by Gasteiger charge is 2.30. The molecule has 0 aliphatic carbocycles. The molecule has 0 bridgehead atoms. The van der Waals surface area contributed by atoms with Gasteiger partial charge < -0.3 is 23.8 Å². The second kappa shape index (κ2) is 7.09. The van der Waals surface area contributed by atoms with Crippen LogP contribution in [0, 0.1) is 5.82 Å². The zero-order valence-electron chi connectivity index (χ0n) is 16.3. The lowest BCUT2D eigenvalue weighted by Gasteiger charge is -2.35. The van der Waals surface area contributed by atoms with Crippen molar-refractivity contribution in [3.05, 3.63) is 33.9 Å². The molecule has 28 heavy (non-hydrogen) atoms. The summed E-state index contributed by atoms with van der Waals surface area (Å²) in [6.45, 7) is 6.94. The number of likely N-dealkylation sites (N-methyl/N-ethyl adjacent to an activating group) is 1. The number of rotatable bonds is 3. The number of carbonyl (C=O) groups excluding carboxylic acids is 1. The zero-order chi connectivity index (χ0) is 20.0. The first-order chi connectivity index (χ1) is 13.4. The maximum absolute atomic E-state index is 15.3. The molecule has 1 saturated heterocycles. The fraction of sp³-hybridized carbons (Fsp3) is 0.500. The van der Waals surface area contributed by atoms with E-state index in [2.05, 4.69) is 4.90 Å². The van der Waals surface area contributed by atoms with Crippen molar-refractivity contribution in [1.29, 1.82) is 0 Å². The summed E-state index contributed by atoms with van der Waals surface area (Å²) >= 11 is 0. The first-order valence-electron chi connectivity index (χ1n) is 9.57. The van der Waals surface area contributed by atoms with E-state index in [1.807, 2.05) is 18.9 Å². The van der Waals surface area contributed by atoms with Gasteiger partial charge in [-0.25, -0.2) is 9.18 Å². The lowest BCUT2D eigenvalue weighted by molar-refractivity contribution is 0.0523. The van der Waals surface area contributed by atoms with Crippen LogP contribution in [0.15, 0.2) is 17.1 Å². The number of aromatic nitrogens is 1. The number of ether oxygens (including phenoxy) is 2. The van der Waals surface area contributed by atoms with Gasteiger partial charge in [0.25, 0.3) is 0 Å². The molecule has 0 N–H and O–H groups in total. The molecule has 1 aromatic heterocycles. The van der Waals surface area contributed by atoms with Crippen LogP contribution < -0.4 is 15.1 Å². The third-order valence-corrected chi connectivity index (χ3v) is 5.47. The molecule has 1 fully saturated rings. The first kappa shape index (κ1) is 18.7. The molecule has 0 spiro atoms. The van der Waals surface area contributed by atoms with Crippen molar-refractivity contribution in [3.63, 3.8) is 0 Å². The number of anilines is 1. The molecule has 8 heteroatoms. The van der Waals surface area contributed by atoms with Crippen LogP contribution >= 0.6 is 0 Å². The van der Waals surface area contributed by atoms with Crippen LogP contribution in [0.5, 0.6) is 5.75 Å². The minimum absolute atomic E-state index is 0.0371. The Kier molecular flexibility index (Phi) is 4.74. The molecule has 3 heterocycles. The molecular formula is C20H24FN3O4. The van der Waals surface area contributed by atoms with E-state index in [0.717, 1.165) is 13.1 Å². The Balaban J connectivity index is 1.95. The summed E-state index contributed by atoms with van der Waals surface area (Å²) in [6, 6.07) is 1.42. The quantitative estimate of drug-likeness (QED) is 0.749. The predicted molar refractivity (Wildman–Crippen MR) is 104 cm³/mol. The lowest BCUT2D eigenvalue weighted by atomic mass is 10.1. The number of halogens is 1. The third kappa shape index (κ3) is 2.92. The maximum Gasteiger partial charge on any atom is 0.343 e. The van der Waals surface area contributed by atoms with E-state index in [1.165, 1.54) is 6.20 Å². The number of carbonyl (C=O) groups is 1. The third-order valence-electron chi connectivity index (χ3n) is 5.47. The molecule has 7 nitrogen and oxygen atoms in total. The van der Waals surface area contributed by atoms with E-state index in [-0.39, 0.29) is 36.0 Å². The highest BCUT2D eigenvalue weighted by Crippen LogP contribution is 2.39. The maximum atomic E-state index is 15.3. The van der Waals surface area contributed by atoms with Crippen molar-refractivity contribution in [2.75, 3.05) is 51.3 Å². The number of esters is 1. The van der Waals surface area contributed by atoms with Gasteiger partial charge in [0, 0.05) is 32.4 Å². The molecule has 0 amide bonds. The number of hydrogen-bond acceptors (Lipinski definition) is 6. The van der Waals surface area contributed by atoms with Gasteiger partial charge in [-0.15, -0.1) is 0 Å². The Labute approximate surface area is 162 Å². The largest absolute Gasteiger partial charge is 0.486 e. The number of piperazine rings is 1. The number of benzene rings is 1. The summed E-state index contributed by atoms with van der Waals surface area (Å²) < 4.78 is 27.9. The van der Waals surface area contributed by atoms with Gasteiger partial charge in [0.1, 0.15) is 12.2 Å². The topological polar surface area (TPSA) is 64.0 Å². The molecule has 2 aliphatic heterocycles. The summed E-state index contributed by atoms with van der Waals surface area (Å²) in [7, 11) is 2.02. The normalized spacial score (nSPS) is 19.6. The van der Waals surface area contributed by atoms with Gasteiger partial charge in [-0.3, -0.25) is 4.79 Å². The summed E-state index contributed by atoms with van der Waals surface area (Å²) in [5, 5.41) is 0.280. The Hall–Kier alpha value is -2.61. The molecule has 0 radical (unpaired) electrons. The monoisotopic (exact) mass is 389 g/mol. The average Bonchev–Trinajstić information content (AvgIpc) is 2.68. The molecule has 4 rings (SSSR count). The molecule has 1 aromatic carbocycles. The molecule has 2 aliphatic rings. The fourth-order valence-corrected chi connectivity index (χ4v) is 3.84. The van der Waals surface area contributed by atoms with Crippen LogP contribution in [-0.2, 0) is 4.74 Å². The number of hydrogen-bond donors (Lipinski definition) is 0. The van der Waals surface area contributed by atoms with E-state index in [1.54, 1.807) is 17.6 Å². The number of pyridine rings is 1. The summed E-state index contributed by atoms with van der Waals surface area (Å²) in [5.74, 6) is -1.04. The van der Waals surface area contributed by atoms with Crippen LogP contribution in [-0.4, -0.2) is 61.9 Å². The molecule has 1 atom stereocenters. The van der Waals surface area contributed by atoms with E-state index in [9.17, 15) is 9.59 Å². The fourth-order valence-electron chi connectivity index (χ4n) is 3.84. The minimum Gasteiger partial charge on any atom is -0.486 e. The summed E-state index contributed by atoms with van der Waals surface area (Å²) in [4.78, 5) is 29.5. The van der Waals surface area contributed by atoms with Crippen LogP contribution in [0.3, 0.4) is 0 Å². The molecule has 0 saturated carbocycles. The lowest BCUT2D eigenvalue weighted by Crippen LogP contribution is -2.45. The molecular weight excluding hydrogens is 365 g/mol. The van der Waals surface area contributed by atoms with Crippen molar-refractivity contribution in [1.82, 2.24) is 9.47 Å². The van der Waals surface area contributed by atoms with Gasteiger partial charge in [0.2, 0.25) is 5.43 Å². The van der Waals surface area contributed by atoms with Gasteiger partial charge in [0.15, 0.2) is 11.6 Å². The van der Waals surface area contributed by atoms with Gasteiger partial charge in [-0.05, 0) is 27.0 Å². The van der Waals surface area contributed by atoms with E-state index >= 15 is 4.39 Å². The Bertz CT molecular complexity index is 995. The van der Waals surface area contributed by atoms with Gasteiger partial charge in [-0.1, -0.05) is 0 Å². The van der Waals surface area contributed by atoms with Crippen LogP contribution in [0.2, 0.25) is 0 Å². The molecule has 2 aromatic rings. The van der Waals surface area contributed by atoms with E-state index < -0.39 is 17.2 Å². The van der Waals surface area contributed by atoms with E-state index in [4.69, 9.17) is 9.47 Å². The van der Waals surface area contributed by atoms with Crippen LogP contribution in [0.25, 0.3) is 10.9 Å². The predicted octanol–water partition coefficient (Wildman–Crippen LogP) is 2.02. The molecule has 1 unspecified atom stereocenters. The zero-order valence-corrected chi connectivity index (χ0v) is 16.3. The second-order valence-corrected chi connectivity index (χ2v) is 7.38. The average molecular weight is 389 g/mol. The van der Waals surface area contributed by atoms with Gasteiger partial charge in [0.05, 0.1) is 29.2 Å². The standard InChI is InChI=1S/C20H24FN3O4/c1-4-27-20(26)14-10-24-12(2)11-28-19-16(21)15(9-13(17(19)24)18(14)25)23-7-5-22(3)6-8-23/h9-10,12H,4-8,11H2,1-3H3. The van der Waals surface area contributed by atoms with Crippen molar-refractivity contribution in [2.24, 2.45) is 0 Å². The van der Waals surface area contributed by atoms with Gasteiger partial charge >= 0.3 is 5.97 Å². The van der Waals surface area contributed by atoms with Crippen molar-refractivity contribution >= 4 is 22.6 Å². The Morgan fingerprint density at radius 2 is 2.04 bits per heavy atom. The van der Waals surface area contributed by atoms with Crippen molar-refractivity contribution in [2.45, 2.75) is 19.9 Å². The first-order valence-corrected chi connectivity index (χ1v) is 9.57. The minimum atomic E-state index is -0.663. The van der Waals surface area contributed by atoms with Crippen molar-refractivity contribution < 1.29 is 18.7 Å². The molecule has 150 valence electrons. The summed E-state index contributed by atoms with van der Waals surface area (Å²) in [6.07, 6.45) is 1.47. The number of nitrogens with zero attached hydrogens (tertiary/aromatic N) is 3. The van der Waals surface area contributed by atoms with Crippen molar-refractivity contribution in [3.8, 4) is 5.75 Å². The SMILES string of the molecule is CCOC(=O)c1cn2c3c(c(F)c(N4CCN(C)CC4)cc3c1=O)OCC2C. The smallest absolute Gasteiger partial charge is 0.343 e. The highest BCUT2D eigenvalue weighted by atomic mass is 19.1. The second-order valence-electron chi connectivity index (χ2n) is 7.38. The van der Waals surface area contributed by atoms with Crippen LogP contribution in [0.1, 0.15) is 30.2 Å². The van der Waals surface area contributed by atoms with Gasteiger partial charge in [-0.2, -0.15) is 0 Å².